The Morgan fingerprint density at radius 3 is 0.923 bits per heavy atom. The third-order valence-corrected chi connectivity index (χ3v) is 9.61. The molecular formula is C46H52N6+4. The van der Waals surface area contributed by atoms with Crippen LogP contribution in [0.4, 0.5) is 0 Å². The molecule has 6 nitrogen and oxygen atoms in total. The van der Waals surface area contributed by atoms with Crippen molar-refractivity contribution in [3.05, 3.63) is 167 Å². The molecule has 6 heterocycles. The molecule has 262 valence electrons. The van der Waals surface area contributed by atoms with Gasteiger partial charge in [0.2, 0.25) is 0 Å². The summed E-state index contributed by atoms with van der Waals surface area (Å²) in [4.78, 5) is 0. The van der Waals surface area contributed by atoms with Crippen LogP contribution < -0.4 is 18.3 Å². The predicted molar refractivity (Wildman–Crippen MR) is 214 cm³/mol. The zero-order chi connectivity index (χ0) is 36.1. The largest absolute Gasteiger partial charge is 0.345 e. The van der Waals surface area contributed by atoms with E-state index in [1.807, 2.05) is 23.2 Å². The average Bonchev–Trinajstić information content (AvgIpc) is 3.71. The van der Waals surface area contributed by atoms with Gasteiger partial charge in [0, 0.05) is 98.2 Å². The fourth-order valence-corrected chi connectivity index (χ4v) is 6.13. The number of pyridine rings is 4. The fourth-order valence-electron chi connectivity index (χ4n) is 6.13. The van der Waals surface area contributed by atoms with Crippen molar-refractivity contribution in [3.63, 3.8) is 0 Å². The lowest BCUT2D eigenvalue weighted by molar-refractivity contribution is -0.698. The van der Waals surface area contributed by atoms with E-state index in [0.717, 1.165) is 13.1 Å². The summed E-state index contributed by atoms with van der Waals surface area (Å²) < 4.78 is 13.1. The van der Waals surface area contributed by atoms with E-state index in [9.17, 15) is 0 Å². The van der Waals surface area contributed by atoms with Gasteiger partial charge in [0.1, 0.15) is 27.2 Å². The predicted octanol–water partition coefficient (Wildman–Crippen LogP) is 7.53. The van der Waals surface area contributed by atoms with Crippen molar-refractivity contribution in [2.24, 2.45) is 28.2 Å². The molecule has 0 radical (unpaired) electrons. The SMILES string of the molecule is Cn1c(/C=C/c2cc[n+](C)cc2)ccc1/C=C/c1cc[n+](CCCCCC[n+]2ccc(/C=C/c3ccc(/C=C/c4cc[n+](C)cc4)n3C)cc2)cc1. The second-order valence-corrected chi connectivity index (χ2v) is 13.6. The van der Waals surface area contributed by atoms with Gasteiger partial charge in [-0.3, -0.25) is 0 Å². The highest BCUT2D eigenvalue weighted by Crippen LogP contribution is 2.16. The molecule has 0 atom stereocenters. The third-order valence-electron chi connectivity index (χ3n) is 9.61. The van der Waals surface area contributed by atoms with Crippen molar-refractivity contribution >= 4 is 48.6 Å². The van der Waals surface area contributed by atoms with Crippen LogP contribution >= 0.6 is 0 Å². The summed E-state index contributed by atoms with van der Waals surface area (Å²) in [6.45, 7) is 2.10. The van der Waals surface area contributed by atoms with Crippen LogP contribution in [0.15, 0.2) is 122 Å². The lowest BCUT2D eigenvalue weighted by Gasteiger charge is -2.02. The summed E-state index contributed by atoms with van der Waals surface area (Å²) in [6.07, 6.45) is 39.3. The molecule has 0 N–H and O–H groups in total. The minimum absolute atomic E-state index is 1.05. The molecule has 0 bridgehead atoms. The molecule has 52 heavy (non-hydrogen) atoms. The van der Waals surface area contributed by atoms with Gasteiger partial charge in [-0.15, -0.1) is 0 Å². The molecule has 0 fully saturated rings. The van der Waals surface area contributed by atoms with E-state index >= 15 is 0 Å². The van der Waals surface area contributed by atoms with E-state index in [1.54, 1.807) is 0 Å². The van der Waals surface area contributed by atoms with E-state index in [2.05, 4.69) is 203 Å². The molecule has 6 aromatic rings. The number of hydrogen-bond donors (Lipinski definition) is 0. The first-order valence-corrected chi connectivity index (χ1v) is 18.3. The number of unbranched alkanes of at least 4 members (excludes halogenated alkanes) is 3. The molecular weight excluding hydrogens is 637 g/mol. The molecule has 0 aromatic carbocycles. The van der Waals surface area contributed by atoms with E-state index in [1.165, 1.54) is 70.7 Å². The number of rotatable bonds is 15. The van der Waals surface area contributed by atoms with E-state index in [0.29, 0.717) is 0 Å². The van der Waals surface area contributed by atoms with Gasteiger partial charge >= 0.3 is 0 Å². The maximum atomic E-state index is 2.30. The lowest BCUT2D eigenvalue weighted by Crippen LogP contribution is -2.33. The van der Waals surface area contributed by atoms with Gasteiger partial charge in [-0.1, -0.05) is 24.3 Å². The molecule has 0 aliphatic rings. The van der Waals surface area contributed by atoms with E-state index in [-0.39, 0.29) is 0 Å². The first kappa shape index (κ1) is 35.9. The summed E-state index contributed by atoms with van der Waals surface area (Å²) in [5, 5.41) is 0. The number of nitrogens with zero attached hydrogens (tertiary/aromatic N) is 6. The van der Waals surface area contributed by atoms with Crippen LogP contribution in [-0.2, 0) is 41.3 Å². The molecule has 0 aliphatic heterocycles. The van der Waals surface area contributed by atoms with Crippen molar-refractivity contribution < 1.29 is 18.3 Å². The zero-order valence-electron chi connectivity index (χ0n) is 31.1. The van der Waals surface area contributed by atoms with Gasteiger partial charge < -0.3 is 9.13 Å². The molecule has 0 aliphatic carbocycles. The van der Waals surface area contributed by atoms with Crippen molar-refractivity contribution in [1.82, 2.24) is 9.13 Å². The maximum absolute atomic E-state index is 2.30. The Labute approximate surface area is 309 Å². The van der Waals surface area contributed by atoms with Gasteiger partial charge in [-0.05, 0) is 83.7 Å². The molecule has 6 rings (SSSR count). The highest BCUT2D eigenvalue weighted by molar-refractivity contribution is 5.73. The Hall–Kier alpha value is -5.88. The number of hydrogen-bond acceptors (Lipinski definition) is 0. The Kier molecular flexibility index (Phi) is 12.3. The second kappa shape index (κ2) is 17.9. The lowest BCUT2D eigenvalue weighted by atomic mass is 10.2. The highest BCUT2D eigenvalue weighted by atomic mass is 15.0. The monoisotopic (exact) mass is 688 g/mol. The summed E-state index contributed by atoms with van der Waals surface area (Å²) in [5.74, 6) is 0. The van der Waals surface area contributed by atoms with Crippen molar-refractivity contribution in [2.75, 3.05) is 0 Å². The van der Waals surface area contributed by atoms with Crippen molar-refractivity contribution in [1.29, 1.82) is 0 Å². The molecule has 6 heteroatoms. The summed E-state index contributed by atoms with van der Waals surface area (Å²) in [5.41, 5.74) is 9.53. The molecule has 0 saturated carbocycles. The van der Waals surface area contributed by atoms with E-state index < -0.39 is 0 Å². The van der Waals surface area contributed by atoms with Gasteiger partial charge in [0.15, 0.2) is 49.6 Å². The average molecular weight is 689 g/mol. The van der Waals surface area contributed by atoms with Crippen LogP contribution in [0, 0.1) is 0 Å². The molecule has 0 saturated heterocycles. The van der Waals surface area contributed by atoms with Crippen LogP contribution in [0.1, 0.15) is 70.7 Å². The fraction of sp³-hybridized carbons (Fsp3) is 0.217. The molecule has 0 unspecified atom stereocenters. The van der Waals surface area contributed by atoms with Crippen LogP contribution in [0.5, 0.6) is 0 Å². The number of aromatic nitrogens is 6. The first-order valence-electron chi connectivity index (χ1n) is 18.3. The van der Waals surface area contributed by atoms with Gasteiger partial charge in [0.05, 0.1) is 0 Å². The minimum atomic E-state index is 1.05. The standard InChI is InChI=1S/C46H52N6/c1-47-31-21-39(22-32-47)9-13-43-17-19-45(49(43)3)15-11-41-25-35-51(36-26-41)29-7-5-6-8-30-52-37-27-42(28-38-52)12-16-46-20-18-44(50(46)4)14-10-40-23-33-48(2)34-24-40/h9-28,31-38H,5-8,29-30H2,1-4H3/q+4. The smallest absolute Gasteiger partial charge is 0.169 e. The Morgan fingerprint density at radius 2 is 0.635 bits per heavy atom. The minimum Gasteiger partial charge on any atom is -0.345 e. The Balaban J connectivity index is 0.884. The molecule has 0 spiro atoms. The van der Waals surface area contributed by atoms with Crippen molar-refractivity contribution in [2.45, 2.75) is 38.8 Å². The maximum Gasteiger partial charge on any atom is 0.169 e. The first-order chi connectivity index (χ1) is 25.4. The number of aryl methyl sites for hydroxylation is 4. The van der Waals surface area contributed by atoms with Gasteiger partial charge in [0.25, 0.3) is 0 Å². The highest BCUT2D eigenvalue weighted by Gasteiger charge is 2.05. The Bertz CT molecular complexity index is 1980. The van der Waals surface area contributed by atoms with Crippen molar-refractivity contribution in [3.8, 4) is 0 Å². The van der Waals surface area contributed by atoms with Crippen LogP contribution in [0.2, 0.25) is 0 Å². The summed E-state index contributed by atoms with van der Waals surface area (Å²) in [6, 6.07) is 26.0. The quantitative estimate of drug-likeness (QED) is 0.0788. The normalized spacial score (nSPS) is 12.0. The van der Waals surface area contributed by atoms with Gasteiger partial charge in [-0.2, -0.15) is 0 Å². The molecule has 0 amide bonds. The third kappa shape index (κ3) is 10.3. The van der Waals surface area contributed by atoms with E-state index in [4.69, 9.17) is 0 Å². The van der Waals surface area contributed by atoms with Crippen LogP contribution in [-0.4, -0.2) is 9.13 Å². The molecule has 6 aromatic heterocycles. The topological polar surface area (TPSA) is 25.4 Å². The summed E-state index contributed by atoms with van der Waals surface area (Å²) >= 11 is 0. The van der Waals surface area contributed by atoms with Gasteiger partial charge in [-0.25, -0.2) is 18.3 Å². The zero-order valence-corrected chi connectivity index (χ0v) is 31.1. The Morgan fingerprint density at radius 1 is 0.365 bits per heavy atom. The second-order valence-electron chi connectivity index (χ2n) is 13.6. The van der Waals surface area contributed by atoms with Crippen LogP contribution in [0.3, 0.4) is 0 Å². The van der Waals surface area contributed by atoms with Crippen LogP contribution in [0.25, 0.3) is 48.6 Å². The summed E-state index contributed by atoms with van der Waals surface area (Å²) in [7, 11) is 8.30.